The molecule has 0 unspecified atom stereocenters. The van der Waals surface area contributed by atoms with Crippen LogP contribution in [0.15, 0.2) is 41.5 Å². The van der Waals surface area contributed by atoms with E-state index in [1.807, 2.05) is 13.0 Å². The summed E-state index contributed by atoms with van der Waals surface area (Å²) in [7, 11) is 0. The predicted molar refractivity (Wildman–Crippen MR) is 108 cm³/mol. The summed E-state index contributed by atoms with van der Waals surface area (Å²) in [5.41, 5.74) is 5.61. The van der Waals surface area contributed by atoms with Crippen LogP contribution in [0.3, 0.4) is 0 Å². The highest BCUT2D eigenvalue weighted by atomic mass is 32.1. The zero-order chi connectivity index (χ0) is 17.6. The third-order valence-electron chi connectivity index (χ3n) is 3.96. The molecule has 0 aliphatic rings. The highest BCUT2D eigenvalue weighted by Crippen LogP contribution is 2.35. The van der Waals surface area contributed by atoms with E-state index < -0.39 is 0 Å². The molecule has 0 aliphatic heterocycles. The number of aromatic nitrogens is 2. The molecule has 1 aromatic carbocycles. The minimum Gasteiger partial charge on any atom is -0.261 e. The van der Waals surface area contributed by atoms with Gasteiger partial charge < -0.3 is 0 Å². The van der Waals surface area contributed by atoms with Crippen LogP contribution in [0.2, 0.25) is 0 Å². The lowest BCUT2D eigenvalue weighted by atomic mass is 10.1. The van der Waals surface area contributed by atoms with Crippen LogP contribution in [0.1, 0.15) is 45.4 Å². The van der Waals surface area contributed by atoms with Gasteiger partial charge in [-0.1, -0.05) is 57.0 Å². The summed E-state index contributed by atoms with van der Waals surface area (Å²) >= 11 is 1.69. The summed E-state index contributed by atoms with van der Waals surface area (Å²) in [5.74, 6) is 1.56. The first-order chi connectivity index (χ1) is 12.2. The van der Waals surface area contributed by atoms with Crippen molar-refractivity contribution in [1.29, 1.82) is 0 Å². The maximum atomic E-state index is 4.63. The maximum Gasteiger partial charge on any atom is 0.158 e. The summed E-state index contributed by atoms with van der Waals surface area (Å²) in [5, 5.41) is 5.66. The topological polar surface area (TPSA) is 50.2 Å². The van der Waals surface area contributed by atoms with Gasteiger partial charge in [0, 0.05) is 10.6 Å². The fourth-order valence-electron chi connectivity index (χ4n) is 2.80. The van der Waals surface area contributed by atoms with Crippen LogP contribution in [0.4, 0.5) is 5.82 Å². The fraction of sp³-hybridized carbons (Fsp3) is 0.350. The molecule has 0 fully saturated rings. The minimum absolute atomic E-state index is 0.763. The second-order valence-electron chi connectivity index (χ2n) is 6.10. The highest BCUT2D eigenvalue weighted by Gasteiger charge is 2.11. The summed E-state index contributed by atoms with van der Waals surface area (Å²) < 4.78 is 0. The largest absolute Gasteiger partial charge is 0.261 e. The van der Waals surface area contributed by atoms with E-state index in [9.17, 15) is 0 Å². The molecule has 0 saturated carbocycles. The number of nitrogens with one attached hydrogen (secondary N) is 1. The van der Waals surface area contributed by atoms with Crippen molar-refractivity contribution < 1.29 is 0 Å². The standard InChI is InChI=1S/C20H24N4S/c1-4-9-16(10-5-2)23-24-19-17-13-18(15-11-7-6-8-12-15)25-20(17)22-14(3)21-19/h6-8,11-13H,4-5,9-10H2,1-3H3,(H,21,22,24). The van der Waals surface area contributed by atoms with Crippen molar-refractivity contribution in [1.82, 2.24) is 9.97 Å². The van der Waals surface area contributed by atoms with Gasteiger partial charge in [-0.3, -0.25) is 5.43 Å². The molecule has 3 rings (SSSR count). The normalized spacial score (nSPS) is 10.8. The van der Waals surface area contributed by atoms with Gasteiger partial charge in [0.15, 0.2) is 5.82 Å². The quantitative estimate of drug-likeness (QED) is 0.417. The van der Waals surface area contributed by atoms with Crippen molar-refractivity contribution in [2.24, 2.45) is 5.10 Å². The third-order valence-corrected chi connectivity index (χ3v) is 5.04. The number of hydrazone groups is 1. The van der Waals surface area contributed by atoms with E-state index in [2.05, 4.69) is 64.7 Å². The molecule has 0 amide bonds. The van der Waals surface area contributed by atoms with Gasteiger partial charge in [-0.05, 0) is 31.4 Å². The molecule has 0 bridgehead atoms. The number of hydrogen-bond acceptors (Lipinski definition) is 5. The van der Waals surface area contributed by atoms with Crippen LogP contribution < -0.4 is 5.43 Å². The zero-order valence-electron chi connectivity index (χ0n) is 15.0. The van der Waals surface area contributed by atoms with Crippen LogP contribution >= 0.6 is 11.3 Å². The minimum atomic E-state index is 0.763. The van der Waals surface area contributed by atoms with Gasteiger partial charge in [0.1, 0.15) is 10.7 Å². The van der Waals surface area contributed by atoms with Crippen molar-refractivity contribution in [2.75, 3.05) is 5.43 Å². The fourth-order valence-corrected chi connectivity index (χ4v) is 3.89. The average Bonchev–Trinajstić information content (AvgIpc) is 3.04. The highest BCUT2D eigenvalue weighted by molar-refractivity contribution is 7.21. The Balaban J connectivity index is 1.97. The van der Waals surface area contributed by atoms with Gasteiger partial charge in [0.25, 0.3) is 0 Å². The SMILES string of the molecule is CCCC(CCC)=NNc1nc(C)nc2sc(-c3ccccc3)cc12. The van der Waals surface area contributed by atoms with E-state index in [1.54, 1.807) is 11.3 Å². The van der Waals surface area contributed by atoms with E-state index in [0.29, 0.717) is 0 Å². The van der Waals surface area contributed by atoms with Gasteiger partial charge >= 0.3 is 0 Å². The Morgan fingerprint density at radius 2 is 1.80 bits per heavy atom. The van der Waals surface area contributed by atoms with Gasteiger partial charge in [-0.15, -0.1) is 11.3 Å². The Morgan fingerprint density at radius 3 is 2.48 bits per heavy atom. The molecule has 2 heterocycles. The summed E-state index contributed by atoms with van der Waals surface area (Å²) in [6, 6.07) is 12.6. The Morgan fingerprint density at radius 1 is 1.08 bits per heavy atom. The first kappa shape index (κ1) is 17.5. The molecule has 3 aromatic rings. The molecule has 0 aliphatic carbocycles. The van der Waals surface area contributed by atoms with E-state index in [-0.39, 0.29) is 0 Å². The van der Waals surface area contributed by atoms with Gasteiger partial charge in [0.2, 0.25) is 0 Å². The third kappa shape index (κ3) is 4.23. The number of benzene rings is 1. The van der Waals surface area contributed by atoms with Crippen molar-refractivity contribution in [3.05, 3.63) is 42.2 Å². The van der Waals surface area contributed by atoms with E-state index in [0.717, 1.165) is 47.5 Å². The van der Waals surface area contributed by atoms with Crippen molar-refractivity contribution in [3.63, 3.8) is 0 Å². The van der Waals surface area contributed by atoms with Gasteiger partial charge in [0.05, 0.1) is 5.39 Å². The van der Waals surface area contributed by atoms with Crippen LogP contribution in [-0.2, 0) is 0 Å². The Kier molecular flexibility index (Phi) is 5.76. The lowest BCUT2D eigenvalue weighted by Crippen LogP contribution is -2.04. The molecule has 2 aromatic heterocycles. The smallest absolute Gasteiger partial charge is 0.158 e. The molecule has 0 spiro atoms. The number of hydrogen-bond donors (Lipinski definition) is 1. The molecule has 0 radical (unpaired) electrons. The lowest BCUT2D eigenvalue weighted by molar-refractivity contribution is 0.908. The maximum absolute atomic E-state index is 4.63. The Bertz CT molecular complexity index is 860. The summed E-state index contributed by atoms with van der Waals surface area (Å²) in [6.45, 7) is 6.29. The van der Waals surface area contributed by atoms with E-state index >= 15 is 0 Å². The molecule has 5 heteroatoms. The molecular weight excluding hydrogens is 328 g/mol. The van der Waals surface area contributed by atoms with Crippen LogP contribution in [-0.4, -0.2) is 15.7 Å². The van der Waals surface area contributed by atoms with Crippen LogP contribution in [0, 0.1) is 6.92 Å². The number of nitrogens with zero attached hydrogens (tertiary/aromatic N) is 3. The molecule has 0 saturated heterocycles. The second kappa shape index (κ2) is 8.21. The van der Waals surface area contributed by atoms with Crippen molar-refractivity contribution >= 4 is 33.1 Å². The van der Waals surface area contributed by atoms with Crippen LogP contribution in [0.25, 0.3) is 20.7 Å². The number of anilines is 1. The average molecular weight is 353 g/mol. The van der Waals surface area contributed by atoms with Gasteiger partial charge in [-0.25, -0.2) is 9.97 Å². The Labute approximate surface area is 153 Å². The summed E-state index contributed by atoms with van der Waals surface area (Å²) in [4.78, 5) is 11.4. The number of fused-ring (bicyclic) bond motifs is 1. The van der Waals surface area contributed by atoms with E-state index in [1.165, 1.54) is 16.2 Å². The molecular formula is C20H24N4S. The van der Waals surface area contributed by atoms with Crippen molar-refractivity contribution in [3.8, 4) is 10.4 Å². The van der Waals surface area contributed by atoms with Gasteiger partial charge in [-0.2, -0.15) is 5.10 Å². The monoisotopic (exact) mass is 352 g/mol. The first-order valence-electron chi connectivity index (χ1n) is 8.86. The zero-order valence-corrected chi connectivity index (χ0v) is 15.9. The van der Waals surface area contributed by atoms with Crippen molar-refractivity contribution in [2.45, 2.75) is 46.5 Å². The molecule has 4 nitrogen and oxygen atoms in total. The first-order valence-corrected chi connectivity index (χ1v) is 9.68. The molecule has 0 atom stereocenters. The molecule has 130 valence electrons. The lowest BCUT2D eigenvalue weighted by Gasteiger charge is -2.06. The number of thiophene rings is 1. The van der Waals surface area contributed by atoms with Crippen LogP contribution in [0.5, 0.6) is 0 Å². The summed E-state index contributed by atoms with van der Waals surface area (Å²) in [6.07, 6.45) is 4.25. The molecule has 1 N–H and O–H groups in total. The number of aryl methyl sites for hydroxylation is 1. The second-order valence-corrected chi connectivity index (χ2v) is 7.14. The molecule has 25 heavy (non-hydrogen) atoms. The van der Waals surface area contributed by atoms with E-state index in [4.69, 9.17) is 0 Å². The Hall–Kier alpha value is -2.27. The predicted octanol–water partition coefficient (Wildman–Crippen LogP) is 6.03. The number of rotatable bonds is 7.